The van der Waals surface area contributed by atoms with Crippen molar-refractivity contribution in [2.75, 3.05) is 18.9 Å². The van der Waals surface area contributed by atoms with Crippen LogP contribution in [-0.4, -0.2) is 35.1 Å². The van der Waals surface area contributed by atoms with Crippen LogP contribution in [0.1, 0.15) is 29.8 Å². The third-order valence-electron chi connectivity index (χ3n) is 2.72. The third kappa shape index (κ3) is 3.20. The lowest BCUT2D eigenvalue weighted by Gasteiger charge is -2.26. The first kappa shape index (κ1) is 13.5. The van der Waals surface area contributed by atoms with Crippen LogP contribution in [0.2, 0.25) is 0 Å². The molecule has 0 fully saturated rings. The van der Waals surface area contributed by atoms with E-state index < -0.39 is 0 Å². The van der Waals surface area contributed by atoms with Gasteiger partial charge in [0.15, 0.2) is 0 Å². The molecule has 0 aliphatic carbocycles. The van der Waals surface area contributed by atoms with Crippen molar-refractivity contribution in [3.8, 4) is 0 Å². The Morgan fingerprint density at radius 3 is 2.65 bits per heavy atom. The highest BCUT2D eigenvalue weighted by Crippen LogP contribution is 2.16. The minimum atomic E-state index is -0.0844. The van der Waals surface area contributed by atoms with Gasteiger partial charge >= 0.3 is 0 Å². The zero-order valence-corrected chi connectivity index (χ0v) is 10.6. The van der Waals surface area contributed by atoms with Crippen molar-refractivity contribution in [2.45, 2.75) is 26.8 Å². The number of nitrogen functional groups attached to an aromatic ring is 1. The van der Waals surface area contributed by atoms with Crippen LogP contribution in [0.15, 0.2) is 18.2 Å². The highest BCUT2D eigenvalue weighted by Gasteiger charge is 2.19. The van der Waals surface area contributed by atoms with Crippen LogP contribution in [-0.2, 0) is 0 Å². The van der Waals surface area contributed by atoms with Crippen LogP contribution in [0.4, 0.5) is 5.69 Å². The number of carbonyl (C=O) groups excluding carboxylic acids is 1. The molecule has 0 radical (unpaired) electrons. The predicted molar refractivity (Wildman–Crippen MR) is 68.8 cm³/mol. The van der Waals surface area contributed by atoms with E-state index in [-0.39, 0.29) is 18.6 Å². The second-order valence-corrected chi connectivity index (χ2v) is 4.39. The van der Waals surface area contributed by atoms with Gasteiger partial charge in [0.1, 0.15) is 0 Å². The van der Waals surface area contributed by atoms with Gasteiger partial charge in [0.25, 0.3) is 5.91 Å². The molecule has 0 aliphatic rings. The number of nitrogens with zero attached hydrogens (tertiary/aromatic N) is 1. The molecule has 1 amide bonds. The van der Waals surface area contributed by atoms with Gasteiger partial charge in [-0.15, -0.1) is 0 Å². The molecule has 0 saturated heterocycles. The predicted octanol–water partition coefficient (Wildman–Crippen LogP) is 1.42. The van der Waals surface area contributed by atoms with Crippen molar-refractivity contribution in [1.29, 1.82) is 0 Å². The smallest absolute Gasteiger partial charge is 0.254 e. The van der Waals surface area contributed by atoms with Gasteiger partial charge in [0, 0.05) is 23.8 Å². The molecular formula is C13H20N2O2. The summed E-state index contributed by atoms with van der Waals surface area (Å²) in [6.07, 6.45) is 0. The molecule has 0 atom stereocenters. The van der Waals surface area contributed by atoms with Crippen LogP contribution in [0.3, 0.4) is 0 Å². The molecule has 0 heterocycles. The fourth-order valence-corrected chi connectivity index (χ4v) is 1.73. The number of nitrogens with two attached hydrogens (primary N) is 1. The van der Waals surface area contributed by atoms with Crippen molar-refractivity contribution >= 4 is 11.6 Å². The van der Waals surface area contributed by atoms with Gasteiger partial charge < -0.3 is 15.7 Å². The van der Waals surface area contributed by atoms with Gasteiger partial charge in [-0.1, -0.05) is 6.07 Å². The number of rotatable bonds is 4. The van der Waals surface area contributed by atoms with E-state index in [1.807, 2.05) is 26.8 Å². The molecule has 0 aromatic heterocycles. The van der Waals surface area contributed by atoms with E-state index in [2.05, 4.69) is 0 Å². The summed E-state index contributed by atoms with van der Waals surface area (Å²) in [4.78, 5) is 13.9. The zero-order valence-electron chi connectivity index (χ0n) is 10.6. The normalized spacial score (nSPS) is 10.6. The summed E-state index contributed by atoms with van der Waals surface area (Å²) < 4.78 is 0. The van der Waals surface area contributed by atoms with Crippen LogP contribution in [0.5, 0.6) is 0 Å². The number of benzene rings is 1. The molecule has 4 nitrogen and oxygen atoms in total. The van der Waals surface area contributed by atoms with Gasteiger partial charge in [-0.2, -0.15) is 0 Å². The Hall–Kier alpha value is -1.55. The van der Waals surface area contributed by atoms with Crippen LogP contribution in [0, 0.1) is 6.92 Å². The number of hydrogen-bond donors (Lipinski definition) is 2. The van der Waals surface area contributed by atoms with E-state index in [0.29, 0.717) is 17.8 Å². The lowest BCUT2D eigenvalue weighted by Crippen LogP contribution is -2.39. The van der Waals surface area contributed by atoms with Crippen LogP contribution < -0.4 is 5.73 Å². The number of carbonyl (C=O) groups is 1. The third-order valence-corrected chi connectivity index (χ3v) is 2.72. The van der Waals surface area contributed by atoms with E-state index in [1.54, 1.807) is 17.0 Å². The van der Waals surface area contributed by atoms with E-state index in [4.69, 9.17) is 10.8 Å². The SMILES string of the molecule is Cc1ccc(N)cc1C(=O)N(CCO)C(C)C. The summed E-state index contributed by atoms with van der Waals surface area (Å²) in [6, 6.07) is 5.35. The van der Waals surface area contributed by atoms with Crippen molar-refractivity contribution in [2.24, 2.45) is 0 Å². The van der Waals surface area contributed by atoms with Gasteiger partial charge in [-0.05, 0) is 38.5 Å². The van der Waals surface area contributed by atoms with Gasteiger partial charge in [0.05, 0.1) is 6.61 Å². The van der Waals surface area contributed by atoms with Crippen molar-refractivity contribution < 1.29 is 9.90 Å². The molecule has 0 aliphatic heterocycles. The van der Waals surface area contributed by atoms with E-state index in [0.717, 1.165) is 5.56 Å². The maximum absolute atomic E-state index is 12.3. The van der Waals surface area contributed by atoms with Crippen molar-refractivity contribution in [3.05, 3.63) is 29.3 Å². The molecule has 4 heteroatoms. The average molecular weight is 236 g/mol. The Bertz CT molecular complexity index is 402. The molecule has 94 valence electrons. The second kappa shape index (κ2) is 5.68. The summed E-state index contributed by atoms with van der Waals surface area (Å²) in [5.74, 6) is -0.0844. The second-order valence-electron chi connectivity index (χ2n) is 4.39. The molecule has 1 rings (SSSR count). The Labute approximate surface area is 102 Å². The van der Waals surface area contributed by atoms with Crippen LogP contribution in [0.25, 0.3) is 0 Å². The van der Waals surface area contributed by atoms with Crippen LogP contribution >= 0.6 is 0 Å². The lowest BCUT2D eigenvalue weighted by molar-refractivity contribution is 0.0664. The number of aliphatic hydroxyl groups excluding tert-OH is 1. The molecule has 3 N–H and O–H groups in total. The average Bonchev–Trinajstić information content (AvgIpc) is 2.28. The molecule has 0 saturated carbocycles. The fourth-order valence-electron chi connectivity index (χ4n) is 1.73. The highest BCUT2D eigenvalue weighted by molar-refractivity contribution is 5.96. The van der Waals surface area contributed by atoms with Crippen molar-refractivity contribution in [3.63, 3.8) is 0 Å². The Balaban J connectivity index is 3.04. The van der Waals surface area contributed by atoms with Gasteiger partial charge in [-0.3, -0.25) is 4.79 Å². The summed E-state index contributed by atoms with van der Waals surface area (Å²) in [5.41, 5.74) is 7.77. The number of hydrogen-bond acceptors (Lipinski definition) is 3. The quantitative estimate of drug-likeness (QED) is 0.777. The summed E-state index contributed by atoms with van der Waals surface area (Å²) in [7, 11) is 0. The number of aryl methyl sites for hydroxylation is 1. The topological polar surface area (TPSA) is 66.6 Å². The first-order valence-corrected chi connectivity index (χ1v) is 5.75. The highest BCUT2D eigenvalue weighted by atomic mass is 16.3. The largest absolute Gasteiger partial charge is 0.399 e. The Morgan fingerprint density at radius 2 is 2.12 bits per heavy atom. The maximum atomic E-state index is 12.3. The fraction of sp³-hybridized carbons (Fsp3) is 0.462. The molecule has 0 spiro atoms. The molecular weight excluding hydrogens is 216 g/mol. The summed E-state index contributed by atoms with van der Waals surface area (Å²) in [6.45, 7) is 6.03. The van der Waals surface area contributed by atoms with E-state index in [1.165, 1.54) is 0 Å². The zero-order chi connectivity index (χ0) is 13.0. The first-order chi connectivity index (χ1) is 7.97. The number of anilines is 1. The maximum Gasteiger partial charge on any atom is 0.254 e. The molecule has 1 aromatic carbocycles. The van der Waals surface area contributed by atoms with Gasteiger partial charge in [-0.25, -0.2) is 0 Å². The minimum absolute atomic E-state index is 0.0364. The molecule has 0 bridgehead atoms. The van der Waals surface area contributed by atoms with E-state index in [9.17, 15) is 4.79 Å². The van der Waals surface area contributed by atoms with Gasteiger partial charge in [0.2, 0.25) is 0 Å². The standard InChI is InChI=1S/C13H20N2O2/c1-9(2)15(6-7-16)13(17)12-8-11(14)5-4-10(12)3/h4-5,8-9,16H,6-7,14H2,1-3H3. The summed E-state index contributed by atoms with van der Waals surface area (Å²) in [5, 5.41) is 8.99. The minimum Gasteiger partial charge on any atom is -0.399 e. The molecule has 1 aromatic rings. The molecule has 17 heavy (non-hydrogen) atoms. The molecule has 0 unspecified atom stereocenters. The lowest BCUT2D eigenvalue weighted by atomic mass is 10.1. The van der Waals surface area contributed by atoms with E-state index >= 15 is 0 Å². The van der Waals surface area contributed by atoms with Crippen molar-refractivity contribution in [1.82, 2.24) is 4.90 Å². The first-order valence-electron chi connectivity index (χ1n) is 5.75. The Kier molecular flexibility index (Phi) is 4.52. The monoisotopic (exact) mass is 236 g/mol. The Morgan fingerprint density at radius 1 is 1.47 bits per heavy atom. The summed E-state index contributed by atoms with van der Waals surface area (Å²) >= 11 is 0. The number of aliphatic hydroxyl groups is 1. The number of amides is 1.